The number of nitrogens with zero attached hydrogens (tertiary/aromatic N) is 3. The molecule has 0 N–H and O–H groups in total. The van der Waals surface area contributed by atoms with Crippen LogP contribution >= 0.6 is 11.8 Å². The molecule has 7 nitrogen and oxygen atoms in total. The molecule has 2 rings (SSSR count). The molecule has 2 aromatic rings. The predicted octanol–water partition coefficient (Wildman–Crippen LogP) is 8.05. The molecule has 0 atom stereocenters. The molecule has 0 spiro atoms. The van der Waals surface area contributed by atoms with Crippen LogP contribution in [0.3, 0.4) is 0 Å². The highest BCUT2D eigenvalue weighted by Crippen LogP contribution is 2.44. The smallest absolute Gasteiger partial charge is 0.434 e. The molecule has 210 valence electrons. The third-order valence-electron chi connectivity index (χ3n) is 6.57. The van der Waals surface area contributed by atoms with E-state index in [9.17, 15) is 9.18 Å². The van der Waals surface area contributed by atoms with Crippen LogP contribution in [0.2, 0.25) is 16.6 Å². The molecule has 0 unspecified atom stereocenters. The van der Waals surface area contributed by atoms with E-state index in [2.05, 4.69) is 56.3 Å². The fourth-order valence-corrected chi connectivity index (χ4v) is 10.6. The number of hydrogen-bond donors (Lipinski definition) is 0. The Labute approximate surface area is 234 Å². The van der Waals surface area contributed by atoms with Crippen LogP contribution in [0.1, 0.15) is 52.7 Å². The van der Waals surface area contributed by atoms with E-state index in [1.165, 1.54) is 38.5 Å². The first-order chi connectivity index (χ1) is 18.4. The average Bonchev–Trinajstić information content (AvgIpc) is 2.89. The number of carbonyl (C=O) groups excluding carboxylic acids is 1. The van der Waals surface area contributed by atoms with E-state index in [0.29, 0.717) is 5.75 Å². The number of hydrogen-bond acceptors (Lipinski definition) is 7. The van der Waals surface area contributed by atoms with E-state index in [1.807, 2.05) is 0 Å². The Balaban J connectivity index is 2.92. The Morgan fingerprint density at radius 2 is 1.64 bits per heavy atom. The highest BCUT2D eigenvalue weighted by atomic mass is 32.2. The minimum Gasteiger partial charge on any atom is -0.541 e. The number of carbonyl (C=O) groups is 1. The van der Waals surface area contributed by atoms with Gasteiger partial charge in [0, 0.05) is 17.7 Å². The van der Waals surface area contributed by atoms with Crippen molar-refractivity contribution in [2.24, 2.45) is 9.98 Å². The van der Waals surface area contributed by atoms with Crippen LogP contribution in [-0.4, -0.2) is 45.6 Å². The molecule has 11 heteroatoms. The van der Waals surface area contributed by atoms with Crippen LogP contribution in [0.25, 0.3) is 0 Å². The Morgan fingerprint density at radius 1 is 1.03 bits per heavy atom. The van der Waals surface area contributed by atoms with Crippen molar-refractivity contribution in [2.45, 2.75) is 58.2 Å². The summed E-state index contributed by atoms with van der Waals surface area (Å²) in [7, 11) is 0.0393. The maximum atomic E-state index is 16.4. The summed E-state index contributed by atoms with van der Waals surface area (Å²) in [4.78, 5) is 20.5. The second-order valence-corrected chi connectivity index (χ2v) is 15.9. The molecule has 0 aromatic heterocycles. The first-order valence-electron chi connectivity index (χ1n) is 12.4. The van der Waals surface area contributed by atoms with Crippen molar-refractivity contribution < 1.29 is 27.5 Å². The van der Waals surface area contributed by atoms with Crippen molar-refractivity contribution in [3.8, 4) is 17.6 Å². The molecule has 0 saturated carbocycles. The van der Waals surface area contributed by atoms with Crippen molar-refractivity contribution in [3.05, 3.63) is 53.1 Å². The second kappa shape index (κ2) is 13.7. The highest BCUT2D eigenvalue weighted by molar-refractivity contribution is 8.15. The third kappa shape index (κ3) is 7.05. The minimum atomic E-state index is -2.58. The van der Waals surface area contributed by atoms with Crippen molar-refractivity contribution in [1.82, 2.24) is 0 Å². The SMILES string of the molecule is COC(=O)N=C(SC)C(=Nc1ccc(C#N)c(F)c1)c1cc(OC)cc(O[Si](C(C)C)(C(C)C)C(C)C)c1F. The summed E-state index contributed by atoms with van der Waals surface area (Å²) in [6.07, 6.45) is 0.726. The van der Waals surface area contributed by atoms with Gasteiger partial charge in [-0.1, -0.05) is 41.5 Å². The number of rotatable bonds is 9. The van der Waals surface area contributed by atoms with Gasteiger partial charge in [-0.05, 0) is 41.1 Å². The lowest BCUT2D eigenvalue weighted by molar-refractivity contribution is 0.183. The lowest BCUT2D eigenvalue weighted by Crippen LogP contribution is -2.51. The van der Waals surface area contributed by atoms with Gasteiger partial charge in [0.15, 0.2) is 5.82 Å². The van der Waals surface area contributed by atoms with Crippen LogP contribution in [0.15, 0.2) is 40.3 Å². The lowest BCUT2D eigenvalue weighted by Gasteiger charge is -2.42. The molecule has 0 radical (unpaired) electrons. The second-order valence-electron chi connectivity index (χ2n) is 9.73. The van der Waals surface area contributed by atoms with Gasteiger partial charge in [-0.2, -0.15) is 10.3 Å². The van der Waals surface area contributed by atoms with Crippen LogP contribution in [-0.2, 0) is 4.74 Å². The van der Waals surface area contributed by atoms with Gasteiger partial charge in [0.2, 0.25) is 0 Å². The third-order valence-corrected chi connectivity index (χ3v) is 13.2. The van der Waals surface area contributed by atoms with Gasteiger partial charge in [-0.25, -0.2) is 18.6 Å². The van der Waals surface area contributed by atoms with E-state index in [4.69, 9.17) is 14.4 Å². The lowest BCUT2D eigenvalue weighted by atomic mass is 10.1. The summed E-state index contributed by atoms with van der Waals surface area (Å²) < 4.78 is 47.7. The number of amides is 1. The molecule has 0 aliphatic carbocycles. The van der Waals surface area contributed by atoms with Crippen molar-refractivity contribution in [1.29, 1.82) is 5.26 Å². The molecule has 0 aliphatic heterocycles. The highest BCUT2D eigenvalue weighted by Gasteiger charge is 2.47. The number of benzene rings is 2. The quantitative estimate of drug-likeness (QED) is 0.171. The summed E-state index contributed by atoms with van der Waals surface area (Å²) in [5.41, 5.74) is 0.337. The molecule has 0 aliphatic rings. The van der Waals surface area contributed by atoms with Gasteiger partial charge in [0.05, 0.1) is 25.5 Å². The summed E-state index contributed by atoms with van der Waals surface area (Å²) in [6, 6.07) is 8.42. The van der Waals surface area contributed by atoms with E-state index in [1.54, 1.807) is 12.3 Å². The van der Waals surface area contributed by atoms with E-state index >= 15 is 4.39 Å². The molecule has 0 fully saturated rings. The Hall–Kier alpha value is -3.23. The van der Waals surface area contributed by atoms with Crippen LogP contribution in [0.4, 0.5) is 19.3 Å². The predicted molar refractivity (Wildman–Crippen MR) is 155 cm³/mol. The van der Waals surface area contributed by atoms with Gasteiger partial charge in [0.25, 0.3) is 8.32 Å². The topological polar surface area (TPSA) is 93.3 Å². The minimum absolute atomic E-state index is 0.00402. The number of ether oxygens (including phenoxy) is 2. The first kappa shape index (κ1) is 32.0. The van der Waals surface area contributed by atoms with Gasteiger partial charge in [-0.3, -0.25) is 0 Å². The molecule has 0 saturated heterocycles. The van der Waals surface area contributed by atoms with Gasteiger partial charge < -0.3 is 13.9 Å². The van der Waals surface area contributed by atoms with E-state index in [-0.39, 0.29) is 49.9 Å². The Morgan fingerprint density at radius 3 is 2.10 bits per heavy atom. The zero-order valence-electron chi connectivity index (χ0n) is 23.8. The maximum Gasteiger partial charge on any atom is 0.434 e. The number of halogens is 2. The molecule has 0 bridgehead atoms. The standard InChI is InChI=1S/C28H35F2N3O4SSi/c1-16(2)39(17(3)4,18(5)6)37-24-14-21(35-7)13-22(25(24)30)26(27(38-9)33-28(34)36-8)32-20-11-10-19(15-31)23(29)12-20/h10-14,16-18H,1-9H3. The zero-order valence-corrected chi connectivity index (χ0v) is 25.6. The summed E-state index contributed by atoms with van der Waals surface area (Å²) in [6.45, 7) is 12.5. The number of nitriles is 1. The molecular formula is C28H35F2N3O4SSi. The van der Waals surface area contributed by atoms with Crippen molar-refractivity contribution in [3.63, 3.8) is 0 Å². The maximum absolute atomic E-state index is 16.4. The van der Waals surface area contributed by atoms with Gasteiger partial charge in [0.1, 0.15) is 34.1 Å². The number of methoxy groups -OCH3 is 2. The first-order valence-corrected chi connectivity index (χ1v) is 15.8. The molecule has 39 heavy (non-hydrogen) atoms. The Kier molecular flexibility index (Phi) is 11.2. The van der Waals surface area contributed by atoms with Gasteiger partial charge >= 0.3 is 6.09 Å². The summed E-state index contributed by atoms with van der Waals surface area (Å²) >= 11 is 1.04. The normalized spacial score (nSPS) is 12.6. The fraction of sp³-hybridized carbons (Fsp3) is 0.429. The summed E-state index contributed by atoms with van der Waals surface area (Å²) in [5, 5.41) is 9.11. The fourth-order valence-electron chi connectivity index (χ4n) is 4.82. The van der Waals surface area contributed by atoms with E-state index in [0.717, 1.165) is 17.8 Å². The molecular weight excluding hydrogens is 540 g/mol. The van der Waals surface area contributed by atoms with Crippen LogP contribution in [0.5, 0.6) is 11.5 Å². The summed E-state index contributed by atoms with van der Waals surface area (Å²) in [5.74, 6) is -1.19. The molecule has 1 amide bonds. The average molecular weight is 576 g/mol. The molecule has 0 heterocycles. The van der Waals surface area contributed by atoms with Gasteiger partial charge in [-0.15, -0.1) is 11.8 Å². The van der Waals surface area contributed by atoms with E-state index < -0.39 is 26.0 Å². The van der Waals surface area contributed by atoms with Crippen LogP contribution < -0.4 is 9.16 Å². The monoisotopic (exact) mass is 575 g/mol. The van der Waals surface area contributed by atoms with Crippen LogP contribution in [0, 0.1) is 23.0 Å². The molecule has 2 aromatic carbocycles. The largest absolute Gasteiger partial charge is 0.541 e. The van der Waals surface area contributed by atoms with Crippen molar-refractivity contribution in [2.75, 3.05) is 20.5 Å². The number of aliphatic imine (C=N–C) groups is 2. The van der Waals surface area contributed by atoms with Crippen molar-refractivity contribution >= 4 is 42.6 Å². The Bertz CT molecular complexity index is 1280. The zero-order chi connectivity index (χ0) is 29.5. The number of thioether (sulfide) groups is 1.